The van der Waals surface area contributed by atoms with E-state index in [2.05, 4.69) is 4.90 Å². The number of benzene rings is 1. The molecule has 0 aromatic heterocycles. The van der Waals surface area contributed by atoms with Crippen LogP contribution in [0.1, 0.15) is 31.7 Å². The Bertz CT molecular complexity index is 427. The maximum atomic E-state index is 11.9. The summed E-state index contributed by atoms with van der Waals surface area (Å²) in [5, 5.41) is 0.681. The van der Waals surface area contributed by atoms with Crippen LogP contribution in [-0.4, -0.2) is 36.6 Å². The van der Waals surface area contributed by atoms with Crippen molar-refractivity contribution in [1.82, 2.24) is 4.90 Å². The van der Waals surface area contributed by atoms with E-state index in [1.54, 1.807) is 12.1 Å². The zero-order valence-corrected chi connectivity index (χ0v) is 12.7. The normalized spacial score (nSPS) is 17.7. The molecule has 0 unspecified atom stereocenters. The molecule has 110 valence electrons. The summed E-state index contributed by atoms with van der Waals surface area (Å²) in [6, 6.07) is 7.31. The van der Waals surface area contributed by atoms with Crippen LogP contribution in [0.5, 0.6) is 0 Å². The van der Waals surface area contributed by atoms with Gasteiger partial charge in [-0.1, -0.05) is 30.2 Å². The maximum absolute atomic E-state index is 11.9. The van der Waals surface area contributed by atoms with Gasteiger partial charge in [0.2, 0.25) is 0 Å². The molecule has 1 aromatic carbocycles. The highest BCUT2D eigenvalue weighted by molar-refractivity contribution is 6.30. The predicted molar refractivity (Wildman–Crippen MR) is 81.0 cm³/mol. The summed E-state index contributed by atoms with van der Waals surface area (Å²) >= 11 is 5.82. The van der Waals surface area contributed by atoms with Gasteiger partial charge < -0.3 is 4.74 Å². The molecule has 2 rings (SSSR count). The Balaban J connectivity index is 1.74. The number of hydrogen-bond donors (Lipinski definition) is 0. The molecule has 20 heavy (non-hydrogen) atoms. The standard InChI is InChI=1S/C16H22ClNO2/c1-13(12-18-9-3-2-4-10-18)20-16(19)11-14-5-7-15(17)8-6-14/h5-8,13H,2-4,9-12H2,1H3/t13-/m0/s1. The molecule has 1 aliphatic heterocycles. The van der Waals surface area contributed by atoms with Gasteiger partial charge in [-0.05, 0) is 50.6 Å². The van der Waals surface area contributed by atoms with Gasteiger partial charge in [-0.25, -0.2) is 0 Å². The Labute approximate surface area is 125 Å². The van der Waals surface area contributed by atoms with Crippen molar-refractivity contribution in [2.75, 3.05) is 19.6 Å². The monoisotopic (exact) mass is 295 g/mol. The van der Waals surface area contributed by atoms with Crippen LogP contribution in [0.25, 0.3) is 0 Å². The van der Waals surface area contributed by atoms with Gasteiger partial charge in [0, 0.05) is 11.6 Å². The molecule has 0 aliphatic carbocycles. The first-order chi connectivity index (χ1) is 9.63. The SMILES string of the molecule is C[C@@H](CN1CCCCC1)OC(=O)Cc1ccc(Cl)cc1. The highest BCUT2D eigenvalue weighted by atomic mass is 35.5. The average Bonchev–Trinajstić information content (AvgIpc) is 2.42. The number of hydrogen-bond acceptors (Lipinski definition) is 3. The molecule has 1 aliphatic rings. The molecule has 1 fully saturated rings. The van der Waals surface area contributed by atoms with E-state index >= 15 is 0 Å². The molecule has 1 atom stereocenters. The second-order valence-corrected chi connectivity index (χ2v) is 5.90. The second-order valence-electron chi connectivity index (χ2n) is 5.46. The fourth-order valence-electron chi connectivity index (χ4n) is 2.58. The fourth-order valence-corrected chi connectivity index (χ4v) is 2.70. The topological polar surface area (TPSA) is 29.5 Å². The molecule has 1 saturated heterocycles. The number of carbonyl (C=O) groups is 1. The second kappa shape index (κ2) is 7.65. The average molecular weight is 296 g/mol. The highest BCUT2D eigenvalue weighted by Gasteiger charge is 2.16. The first-order valence-electron chi connectivity index (χ1n) is 7.30. The summed E-state index contributed by atoms with van der Waals surface area (Å²) in [6.07, 6.45) is 4.09. The lowest BCUT2D eigenvalue weighted by atomic mass is 10.1. The molecule has 0 spiro atoms. The van der Waals surface area contributed by atoms with Gasteiger partial charge in [-0.15, -0.1) is 0 Å². The van der Waals surface area contributed by atoms with Gasteiger partial charge in [0.25, 0.3) is 0 Å². The zero-order chi connectivity index (χ0) is 14.4. The van der Waals surface area contributed by atoms with Gasteiger partial charge in [-0.2, -0.15) is 0 Å². The summed E-state index contributed by atoms with van der Waals surface area (Å²) in [5.74, 6) is -0.170. The Hall–Kier alpha value is -1.06. The summed E-state index contributed by atoms with van der Waals surface area (Å²) in [5.41, 5.74) is 0.935. The maximum Gasteiger partial charge on any atom is 0.310 e. The first kappa shape index (κ1) is 15.3. The minimum atomic E-state index is -0.170. The van der Waals surface area contributed by atoms with Gasteiger partial charge in [-0.3, -0.25) is 9.69 Å². The molecule has 0 saturated carbocycles. The smallest absolute Gasteiger partial charge is 0.310 e. The summed E-state index contributed by atoms with van der Waals surface area (Å²) < 4.78 is 5.47. The van der Waals surface area contributed by atoms with E-state index in [9.17, 15) is 4.79 Å². The predicted octanol–water partition coefficient (Wildman–Crippen LogP) is 3.30. The quantitative estimate of drug-likeness (QED) is 0.781. The lowest BCUT2D eigenvalue weighted by Gasteiger charge is -2.28. The van der Waals surface area contributed by atoms with Gasteiger partial charge in [0.05, 0.1) is 6.42 Å². The van der Waals surface area contributed by atoms with Crippen molar-refractivity contribution in [2.24, 2.45) is 0 Å². The van der Waals surface area contributed by atoms with Crippen LogP contribution in [0.2, 0.25) is 5.02 Å². The molecule has 0 bridgehead atoms. The molecule has 0 N–H and O–H groups in total. The third-order valence-electron chi connectivity index (χ3n) is 3.56. The minimum absolute atomic E-state index is 0.0482. The Kier molecular flexibility index (Phi) is 5.86. The number of nitrogens with zero attached hydrogens (tertiary/aromatic N) is 1. The number of esters is 1. The van der Waals surface area contributed by atoms with Crippen LogP contribution in [0.15, 0.2) is 24.3 Å². The lowest BCUT2D eigenvalue weighted by Crippen LogP contribution is -2.37. The molecule has 1 heterocycles. The molecular formula is C16H22ClNO2. The fraction of sp³-hybridized carbons (Fsp3) is 0.562. The number of ether oxygens (including phenoxy) is 1. The highest BCUT2D eigenvalue weighted by Crippen LogP contribution is 2.12. The molecular weight excluding hydrogens is 274 g/mol. The van der Waals surface area contributed by atoms with Crippen molar-refractivity contribution >= 4 is 17.6 Å². The number of carbonyl (C=O) groups excluding carboxylic acids is 1. The molecule has 1 aromatic rings. The number of piperidine rings is 1. The van der Waals surface area contributed by atoms with E-state index in [0.717, 1.165) is 25.2 Å². The van der Waals surface area contributed by atoms with Crippen LogP contribution in [-0.2, 0) is 16.0 Å². The van der Waals surface area contributed by atoms with E-state index in [0.29, 0.717) is 11.4 Å². The van der Waals surface area contributed by atoms with Crippen molar-refractivity contribution in [2.45, 2.75) is 38.7 Å². The van der Waals surface area contributed by atoms with Crippen LogP contribution >= 0.6 is 11.6 Å². The van der Waals surface area contributed by atoms with Crippen molar-refractivity contribution in [3.05, 3.63) is 34.9 Å². The number of rotatable bonds is 5. The molecule has 0 radical (unpaired) electrons. The largest absolute Gasteiger partial charge is 0.461 e. The van der Waals surface area contributed by atoms with Gasteiger partial charge in [0.1, 0.15) is 6.10 Å². The molecule has 4 heteroatoms. The molecule has 3 nitrogen and oxygen atoms in total. The van der Waals surface area contributed by atoms with Crippen molar-refractivity contribution in [1.29, 1.82) is 0 Å². The third-order valence-corrected chi connectivity index (χ3v) is 3.81. The van der Waals surface area contributed by atoms with E-state index in [1.807, 2.05) is 19.1 Å². The summed E-state index contributed by atoms with van der Waals surface area (Å²) in [6.45, 7) is 5.05. The van der Waals surface area contributed by atoms with Gasteiger partial charge >= 0.3 is 5.97 Å². The summed E-state index contributed by atoms with van der Waals surface area (Å²) in [4.78, 5) is 14.3. The van der Waals surface area contributed by atoms with Crippen LogP contribution in [0.3, 0.4) is 0 Å². The van der Waals surface area contributed by atoms with E-state index in [4.69, 9.17) is 16.3 Å². The van der Waals surface area contributed by atoms with Crippen molar-refractivity contribution in [3.8, 4) is 0 Å². The Morgan fingerprint density at radius 1 is 1.25 bits per heavy atom. The van der Waals surface area contributed by atoms with E-state index < -0.39 is 0 Å². The van der Waals surface area contributed by atoms with Crippen LogP contribution < -0.4 is 0 Å². The Morgan fingerprint density at radius 2 is 1.90 bits per heavy atom. The first-order valence-corrected chi connectivity index (χ1v) is 7.67. The van der Waals surface area contributed by atoms with E-state index in [1.165, 1.54) is 19.3 Å². The Morgan fingerprint density at radius 3 is 2.55 bits per heavy atom. The number of halogens is 1. The third kappa shape index (κ3) is 5.14. The van der Waals surface area contributed by atoms with Gasteiger partial charge in [0.15, 0.2) is 0 Å². The van der Waals surface area contributed by atoms with Crippen molar-refractivity contribution in [3.63, 3.8) is 0 Å². The zero-order valence-electron chi connectivity index (χ0n) is 12.0. The minimum Gasteiger partial charge on any atom is -0.461 e. The van der Waals surface area contributed by atoms with E-state index in [-0.39, 0.29) is 12.1 Å². The lowest BCUT2D eigenvalue weighted by molar-refractivity contribution is -0.148. The van der Waals surface area contributed by atoms with Crippen LogP contribution in [0.4, 0.5) is 0 Å². The number of likely N-dealkylation sites (tertiary alicyclic amines) is 1. The van der Waals surface area contributed by atoms with Crippen LogP contribution in [0, 0.1) is 0 Å². The summed E-state index contributed by atoms with van der Waals surface area (Å²) in [7, 11) is 0. The molecule has 0 amide bonds. The van der Waals surface area contributed by atoms with Crippen molar-refractivity contribution < 1.29 is 9.53 Å².